The van der Waals surface area contributed by atoms with Crippen LogP contribution in [0.15, 0.2) is 48.8 Å². The van der Waals surface area contributed by atoms with Crippen LogP contribution in [-0.4, -0.2) is 15.5 Å². The van der Waals surface area contributed by atoms with Crippen molar-refractivity contribution in [1.82, 2.24) is 9.38 Å². The van der Waals surface area contributed by atoms with Gasteiger partial charge in [0.1, 0.15) is 0 Å². The average molecular weight is 267 g/mol. The first kappa shape index (κ1) is 12.2. The van der Waals surface area contributed by atoms with Gasteiger partial charge in [0.25, 0.3) is 0 Å². The van der Waals surface area contributed by atoms with Crippen molar-refractivity contribution in [2.75, 3.05) is 0 Å². The smallest absolute Gasteiger partial charge is 0.406 e. The fourth-order valence-corrected chi connectivity index (χ4v) is 2.12. The predicted octanol–water partition coefficient (Wildman–Crippen LogP) is 2.77. The Morgan fingerprint density at radius 3 is 2.90 bits per heavy atom. The molecule has 0 aliphatic carbocycles. The van der Waals surface area contributed by atoms with Gasteiger partial charge in [-0.2, -0.15) is 0 Å². The van der Waals surface area contributed by atoms with Crippen molar-refractivity contribution in [2.45, 2.75) is 6.92 Å². The fraction of sp³-hybridized carbons (Fsp3) is 0.0667. The Hall–Kier alpha value is -2.82. The summed E-state index contributed by atoms with van der Waals surface area (Å²) in [5.41, 5.74) is 8.60. The van der Waals surface area contributed by atoms with Gasteiger partial charge in [0.15, 0.2) is 11.4 Å². The first-order chi connectivity index (χ1) is 9.63. The Kier molecular flexibility index (Phi) is 2.87. The van der Waals surface area contributed by atoms with Crippen molar-refractivity contribution >= 4 is 11.7 Å². The predicted molar refractivity (Wildman–Crippen MR) is 75.6 cm³/mol. The van der Waals surface area contributed by atoms with Crippen molar-refractivity contribution in [2.24, 2.45) is 5.73 Å². The van der Waals surface area contributed by atoms with Crippen LogP contribution in [0.4, 0.5) is 4.79 Å². The molecule has 5 nitrogen and oxygen atoms in total. The molecular formula is C15H13N3O2. The van der Waals surface area contributed by atoms with Crippen molar-refractivity contribution in [3.05, 3.63) is 54.4 Å². The minimum atomic E-state index is -0.849. The van der Waals surface area contributed by atoms with E-state index in [2.05, 4.69) is 11.1 Å². The summed E-state index contributed by atoms with van der Waals surface area (Å²) in [4.78, 5) is 15.4. The van der Waals surface area contributed by atoms with Crippen LogP contribution in [0.3, 0.4) is 0 Å². The van der Waals surface area contributed by atoms with E-state index >= 15 is 0 Å². The third-order valence-corrected chi connectivity index (χ3v) is 2.97. The highest BCUT2D eigenvalue weighted by Crippen LogP contribution is 2.24. The first-order valence-corrected chi connectivity index (χ1v) is 6.15. The lowest BCUT2D eigenvalue weighted by atomic mass is 10.1. The topological polar surface area (TPSA) is 69.6 Å². The number of pyridine rings is 1. The molecule has 0 saturated heterocycles. The van der Waals surface area contributed by atoms with Crippen molar-refractivity contribution in [1.29, 1.82) is 0 Å². The molecule has 0 bridgehead atoms. The zero-order chi connectivity index (χ0) is 14.1. The quantitative estimate of drug-likeness (QED) is 0.776. The molecule has 0 unspecified atom stereocenters. The number of carbonyl (C=O) groups excluding carboxylic acids is 1. The van der Waals surface area contributed by atoms with Crippen LogP contribution in [-0.2, 0) is 0 Å². The zero-order valence-electron chi connectivity index (χ0n) is 10.9. The largest absolute Gasteiger partial charge is 0.410 e. The number of nitrogens with two attached hydrogens (primary N) is 1. The van der Waals surface area contributed by atoms with Gasteiger partial charge >= 0.3 is 6.09 Å². The molecule has 2 heterocycles. The molecule has 2 N–H and O–H groups in total. The molecule has 3 aromatic rings. The second kappa shape index (κ2) is 4.70. The molecule has 2 aromatic heterocycles. The molecule has 5 heteroatoms. The number of rotatable bonds is 2. The van der Waals surface area contributed by atoms with E-state index in [1.54, 1.807) is 16.5 Å². The molecule has 0 saturated carbocycles. The van der Waals surface area contributed by atoms with Gasteiger partial charge in [-0.05, 0) is 25.1 Å². The number of fused-ring (bicyclic) bond motifs is 1. The molecule has 0 radical (unpaired) electrons. The number of hydrogen-bond acceptors (Lipinski definition) is 3. The number of aromatic nitrogens is 2. The summed E-state index contributed by atoms with van der Waals surface area (Å²) in [6.45, 7) is 2.03. The zero-order valence-corrected chi connectivity index (χ0v) is 10.9. The van der Waals surface area contributed by atoms with Crippen molar-refractivity contribution in [3.63, 3.8) is 0 Å². The molecule has 0 atom stereocenters. The monoisotopic (exact) mass is 267 g/mol. The van der Waals surface area contributed by atoms with Gasteiger partial charge in [-0.25, -0.2) is 9.78 Å². The Morgan fingerprint density at radius 1 is 1.30 bits per heavy atom. The Labute approximate surface area is 115 Å². The number of nitrogens with zero attached hydrogens (tertiary/aromatic N) is 2. The second-order valence-electron chi connectivity index (χ2n) is 4.52. The molecule has 1 amide bonds. The molecule has 0 aliphatic rings. The molecule has 20 heavy (non-hydrogen) atoms. The number of carbonyl (C=O) groups is 1. The van der Waals surface area contributed by atoms with Crippen LogP contribution in [0.2, 0.25) is 0 Å². The molecule has 0 fully saturated rings. The maximum atomic E-state index is 10.9. The third kappa shape index (κ3) is 2.21. The number of primary amides is 1. The van der Waals surface area contributed by atoms with Gasteiger partial charge in [-0.15, -0.1) is 0 Å². The average Bonchev–Trinajstić information content (AvgIpc) is 2.83. The summed E-state index contributed by atoms with van der Waals surface area (Å²) in [6.07, 6.45) is 2.88. The maximum absolute atomic E-state index is 10.9. The minimum Gasteiger partial charge on any atom is -0.406 e. The molecule has 3 rings (SSSR count). The van der Waals surface area contributed by atoms with Crippen LogP contribution >= 0.6 is 0 Å². The van der Waals surface area contributed by atoms with E-state index in [0.717, 1.165) is 16.8 Å². The van der Waals surface area contributed by atoms with E-state index in [0.29, 0.717) is 11.4 Å². The van der Waals surface area contributed by atoms with Gasteiger partial charge in [0.2, 0.25) is 0 Å². The van der Waals surface area contributed by atoms with E-state index < -0.39 is 6.09 Å². The molecule has 0 aliphatic heterocycles. The Morgan fingerprint density at radius 2 is 2.15 bits per heavy atom. The normalized spacial score (nSPS) is 10.7. The van der Waals surface area contributed by atoms with E-state index in [4.69, 9.17) is 10.5 Å². The van der Waals surface area contributed by atoms with Gasteiger partial charge < -0.3 is 14.9 Å². The summed E-state index contributed by atoms with van der Waals surface area (Å²) in [7, 11) is 0. The van der Waals surface area contributed by atoms with E-state index in [-0.39, 0.29) is 0 Å². The highest BCUT2D eigenvalue weighted by molar-refractivity contribution is 5.73. The lowest BCUT2D eigenvalue weighted by Crippen LogP contribution is -2.16. The third-order valence-electron chi connectivity index (χ3n) is 2.97. The summed E-state index contributed by atoms with van der Waals surface area (Å²) >= 11 is 0. The number of aryl methyl sites for hydroxylation is 1. The Bertz CT molecular complexity index is 793. The van der Waals surface area contributed by atoms with E-state index in [1.165, 1.54) is 0 Å². The molecule has 1 aromatic carbocycles. The fourth-order valence-electron chi connectivity index (χ4n) is 2.12. The van der Waals surface area contributed by atoms with Gasteiger partial charge in [-0.3, -0.25) is 0 Å². The number of benzene rings is 1. The summed E-state index contributed by atoms with van der Waals surface area (Å²) < 4.78 is 6.76. The van der Waals surface area contributed by atoms with Crippen LogP contribution in [0.25, 0.3) is 16.9 Å². The van der Waals surface area contributed by atoms with Crippen LogP contribution in [0, 0.1) is 6.92 Å². The number of hydrogen-bond donors (Lipinski definition) is 1. The van der Waals surface area contributed by atoms with Gasteiger partial charge in [0.05, 0.1) is 5.69 Å². The molecule has 0 spiro atoms. The van der Waals surface area contributed by atoms with Crippen molar-refractivity contribution < 1.29 is 9.53 Å². The van der Waals surface area contributed by atoms with Crippen molar-refractivity contribution in [3.8, 4) is 17.0 Å². The van der Waals surface area contributed by atoms with Crippen LogP contribution in [0.5, 0.6) is 5.75 Å². The highest BCUT2D eigenvalue weighted by Gasteiger charge is 2.10. The SMILES string of the molecule is Cc1cccc(-c2cn3cccc(OC(N)=O)c3n2)c1. The standard InChI is InChI=1S/C15H13N3O2/c1-10-4-2-5-11(8-10)12-9-18-7-3-6-13(14(18)17-12)20-15(16)19/h2-9H,1H3,(H2,16,19). The lowest BCUT2D eigenvalue weighted by molar-refractivity contribution is 0.211. The lowest BCUT2D eigenvalue weighted by Gasteiger charge is -2.01. The van der Waals surface area contributed by atoms with Gasteiger partial charge in [-0.1, -0.05) is 23.8 Å². The Balaban J connectivity index is 2.13. The molecule has 100 valence electrons. The van der Waals surface area contributed by atoms with Crippen LogP contribution in [0.1, 0.15) is 5.56 Å². The van der Waals surface area contributed by atoms with E-state index in [1.807, 2.05) is 37.5 Å². The van der Waals surface area contributed by atoms with Gasteiger partial charge in [0, 0.05) is 18.0 Å². The summed E-state index contributed by atoms with van der Waals surface area (Å²) in [6, 6.07) is 11.5. The molecular weight excluding hydrogens is 254 g/mol. The number of amides is 1. The summed E-state index contributed by atoms with van der Waals surface area (Å²) in [5.74, 6) is 0.346. The maximum Gasteiger partial charge on any atom is 0.410 e. The van der Waals surface area contributed by atoms with E-state index in [9.17, 15) is 4.79 Å². The second-order valence-corrected chi connectivity index (χ2v) is 4.52. The summed E-state index contributed by atoms with van der Waals surface area (Å²) in [5, 5.41) is 0. The number of imidazole rings is 1. The first-order valence-electron chi connectivity index (χ1n) is 6.15. The minimum absolute atomic E-state index is 0.346. The van der Waals surface area contributed by atoms with Crippen LogP contribution < -0.4 is 10.5 Å². The number of ether oxygens (including phenoxy) is 1. The highest BCUT2D eigenvalue weighted by atomic mass is 16.5.